The Morgan fingerprint density at radius 2 is 1.29 bits per heavy atom. The molecule has 0 saturated heterocycles. The molecule has 28 heavy (non-hydrogen) atoms. The first-order valence-corrected chi connectivity index (χ1v) is 14.9. The van der Waals surface area contributed by atoms with Crippen molar-refractivity contribution in [2.75, 3.05) is 0 Å². The molecule has 0 bridgehead atoms. The monoisotopic (exact) mass is 492 g/mol. The maximum atomic E-state index is 11.7. The summed E-state index contributed by atoms with van der Waals surface area (Å²) in [4.78, 5) is 24.2. The number of aryl methyl sites for hydroxylation is 1. The van der Waals surface area contributed by atoms with E-state index in [1.165, 1.54) is 81.8 Å². The van der Waals surface area contributed by atoms with Gasteiger partial charge in [0.1, 0.15) is 0 Å². The van der Waals surface area contributed by atoms with Gasteiger partial charge in [-0.25, -0.2) is 0 Å². The smallest absolute Gasteiger partial charge is 0.824 e. The van der Waals surface area contributed by atoms with Gasteiger partial charge in [0, 0.05) is 4.90 Å². The number of rotatable bonds is 16. The summed E-state index contributed by atoms with van der Waals surface area (Å²) in [6, 6.07) is 6.10. The maximum Gasteiger partial charge on any atom is 2.00 e. The predicted molar refractivity (Wildman–Crippen MR) is 121 cm³/mol. The molecule has 0 aliphatic rings. The topological polar surface area (TPSA) is 46.1 Å². The van der Waals surface area contributed by atoms with E-state index in [-0.39, 0.29) is 19.5 Å². The van der Waals surface area contributed by atoms with E-state index in [0.717, 1.165) is 35.5 Å². The molecule has 156 valence electrons. The Balaban J connectivity index is 0.00000729. The summed E-state index contributed by atoms with van der Waals surface area (Å²) >= 11 is 5.54. The molecule has 1 rings (SSSR count). The molecule has 0 heterocycles. The largest absolute Gasteiger partial charge is 2.00 e. The van der Waals surface area contributed by atoms with E-state index in [2.05, 4.69) is 31.7 Å². The molecule has 1 aromatic carbocycles. The van der Waals surface area contributed by atoms with Crippen LogP contribution in [0.4, 0.5) is 0 Å². The van der Waals surface area contributed by atoms with Crippen molar-refractivity contribution >= 4 is 28.9 Å². The summed E-state index contributed by atoms with van der Waals surface area (Å²) in [6.45, 7) is 4.48. The molecule has 2 nitrogen and oxygen atoms in total. The molecule has 0 radical (unpaired) electrons. The molecule has 0 amide bonds. The fraction of sp³-hybridized carbons (Fsp3) is 0.727. The van der Waals surface area contributed by atoms with Crippen molar-refractivity contribution in [2.24, 2.45) is 0 Å². The van der Waals surface area contributed by atoms with Crippen molar-refractivity contribution in [3.05, 3.63) is 29.3 Å². The summed E-state index contributed by atoms with van der Waals surface area (Å²) < 4.78 is 0. The van der Waals surface area contributed by atoms with Crippen molar-refractivity contribution in [3.8, 4) is 0 Å². The second-order valence-electron chi connectivity index (χ2n) is 7.47. The fourth-order valence-electron chi connectivity index (χ4n) is 3.51. The van der Waals surface area contributed by atoms with Gasteiger partial charge in [0.2, 0.25) is 0 Å². The molecule has 0 unspecified atom stereocenters. The minimum Gasteiger partial charge on any atom is -0.824 e. The first-order valence-electron chi connectivity index (χ1n) is 10.8. The summed E-state index contributed by atoms with van der Waals surface area (Å²) in [7, 11) is 0. The number of benzene rings is 1. The first-order chi connectivity index (χ1) is 13.0. The average molecular weight is 494 g/mol. The Kier molecular flexibility index (Phi) is 17.9. The first kappa shape index (κ1) is 28.8. The Labute approximate surface area is 195 Å². The quantitative estimate of drug-likeness (QED) is 0.149. The third-order valence-electron chi connectivity index (χ3n) is 5.02. The SMILES string of the molecule is CCCCCCCCc1cccc(SP([O-])([O-])=S)c1CCCCCCCC.[Zn+2]. The number of unbranched alkanes of at least 4 members (excludes halogenated alkanes) is 10. The third-order valence-corrected chi connectivity index (χ3v) is 7.75. The van der Waals surface area contributed by atoms with Gasteiger partial charge >= 0.3 is 19.5 Å². The van der Waals surface area contributed by atoms with Gasteiger partial charge in [-0.1, -0.05) is 90.2 Å². The Morgan fingerprint density at radius 3 is 1.82 bits per heavy atom. The Bertz CT molecular complexity index is 563. The van der Waals surface area contributed by atoms with Crippen LogP contribution in [0.25, 0.3) is 0 Å². The zero-order valence-electron chi connectivity index (χ0n) is 17.9. The summed E-state index contributed by atoms with van der Waals surface area (Å²) in [6.07, 6.45) is 17.2. The predicted octanol–water partition coefficient (Wildman–Crippen LogP) is 6.53. The van der Waals surface area contributed by atoms with Gasteiger partial charge in [-0.3, -0.25) is 0 Å². The molecule has 0 atom stereocenters. The standard InChI is InChI=1S/C22H39O2PS2.Zn/c1-3-5-7-9-11-13-16-20-17-15-19-22(27-25(23,24)26)21(20)18-14-12-10-8-6-4-2;/h15,17,19H,3-14,16,18H2,1-2H3,(H2,23,24,26);/q;+2/p-2. The molecule has 1 aromatic rings. The molecule has 0 fully saturated rings. The van der Waals surface area contributed by atoms with Crippen LogP contribution in [0.3, 0.4) is 0 Å². The van der Waals surface area contributed by atoms with E-state index in [1.54, 1.807) is 0 Å². The molecule has 0 aliphatic carbocycles. The van der Waals surface area contributed by atoms with Crippen molar-refractivity contribution in [3.63, 3.8) is 0 Å². The van der Waals surface area contributed by atoms with Gasteiger partial charge < -0.3 is 9.79 Å². The second-order valence-corrected chi connectivity index (χ2v) is 13.1. The minimum atomic E-state index is -3.78. The zero-order valence-corrected chi connectivity index (χ0v) is 23.4. The van der Waals surface area contributed by atoms with Crippen LogP contribution < -0.4 is 9.79 Å². The third kappa shape index (κ3) is 13.9. The van der Waals surface area contributed by atoms with Crippen molar-refractivity contribution in [1.82, 2.24) is 0 Å². The molecule has 0 saturated carbocycles. The molecule has 6 heteroatoms. The van der Waals surface area contributed by atoms with Crippen LogP contribution in [0.15, 0.2) is 23.1 Å². The van der Waals surface area contributed by atoms with Gasteiger partial charge in [0.05, 0.1) is 0 Å². The van der Waals surface area contributed by atoms with E-state index in [4.69, 9.17) is 0 Å². The van der Waals surface area contributed by atoms with Crippen LogP contribution in [-0.2, 0) is 44.1 Å². The van der Waals surface area contributed by atoms with Gasteiger partial charge in [0.15, 0.2) is 0 Å². The normalized spacial score (nSPS) is 11.4. The zero-order chi connectivity index (χ0) is 20.0. The summed E-state index contributed by atoms with van der Waals surface area (Å²) in [5, 5.41) is 0. The number of hydrogen-bond donors (Lipinski definition) is 0. The molecule has 0 spiro atoms. The molecular weight excluding hydrogens is 457 g/mol. The van der Waals surface area contributed by atoms with Crippen LogP contribution >= 0.6 is 17.1 Å². The van der Waals surface area contributed by atoms with Gasteiger partial charge in [-0.15, -0.1) is 23.2 Å². The van der Waals surface area contributed by atoms with Crippen LogP contribution in [0.5, 0.6) is 0 Å². The van der Waals surface area contributed by atoms with E-state index < -0.39 is 5.69 Å². The van der Waals surface area contributed by atoms with Crippen LogP contribution in [-0.4, -0.2) is 0 Å². The van der Waals surface area contributed by atoms with E-state index >= 15 is 0 Å². The summed E-state index contributed by atoms with van der Waals surface area (Å²) in [5.74, 6) is 0. The minimum absolute atomic E-state index is 0. The Hall–Kier alpha value is 0.763. The van der Waals surface area contributed by atoms with E-state index in [0.29, 0.717) is 0 Å². The number of hydrogen-bond acceptors (Lipinski definition) is 4. The maximum absolute atomic E-state index is 11.7. The van der Waals surface area contributed by atoms with Crippen molar-refractivity contribution in [2.45, 2.75) is 109 Å². The molecule has 0 aromatic heterocycles. The van der Waals surface area contributed by atoms with E-state index in [1.807, 2.05) is 12.1 Å². The van der Waals surface area contributed by atoms with Gasteiger partial charge in [-0.2, -0.15) is 5.69 Å². The molecule has 0 aliphatic heterocycles. The van der Waals surface area contributed by atoms with Crippen molar-refractivity contribution < 1.29 is 29.3 Å². The van der Waals surface area contributed by atoms with Crippen molar-refractivity contribution in [1.29, 1.82) is 0 Å². The average Bonchev–Trinajstić information content (AvgIpc) is 2.61. The molecular formula is C22H37O2PS2Zn. The summed E-state index contributed by atoms with van der Waals surface area (Å²) in [5.41, 5.74) is -1.23. The van der Waals surface area contributed by atoms with Gasteiger partial charge in [0.25, 0.3) is 0 Å². The second kappa shape index (κ2) is 17.4. The van der Waals surface area contributed by atoms with Gasteiger partial charge in [-0.05, 0) is 42.9 Å². The fourth-order valence-corrected chi connectivity index (χ4v) is 6.20. The van der Waals surface area contributed by atoms with E-state index in [9.17, 15) is 9.79 Å². The van der Waals surface area contributed by atoms with Crippen LogP contribution in [0.1, 0.15) is 102 Å². The Morgan fingerprint density at radius 1 is 0.786 bits per heavy atom. The van der Waals surface area contributed by atoms with Crippen LogP contribution in [0.2, 0.25) is 0 Å². The molecule has 0 N–H and O–H groups in total. The van der Waals surface area contributed by atoms with Crippen LogP contribution in [0, 0.1) is 0 Å².